The van der Waals surface area contributed by atoms with Gasteiger partial charge in [-0.15, -0.1) is 0 Å². The van der Waals surface area contributed by atoms with E-state index in [1.54, 1.807) is 27.7 Å². The molecule has 0 aliphatic rings. The van der Waals surface area contributed by atoms with Crippen LogP contribution >= 0.6 is 0 Å². The van der Waals surface area contributed by atoms with Crippen LogP contribution < -0.4 is 10.6 Å². The van der Waals surface area contributed by atoms with Crippen LogP contribution in [-0.2, 0) is 14.7 Å². The normalized spacial score (nSPS) is 13.3. The van der Waals surface area contributed by atoms with E-state index < -0.39 is 28.3 Å². The summed E-state index contributed by atoms with van der Waals surface area (Å²) >= 11 is 0. The second kappa shape index (κ2) is 5.46. The van der Waals surface area contributed by atoms with Crippen LogP contribution in [-0.4, -0.2) is 36.9 Å². The molecule has 1 rings (SSSR count). The molecule has 6 nitrogen and oxygen atoms in total. The second-order valence-electron chi connectivity index (χ2n) is 5.65. The maximum atomic E-state index is 11.1. The largest absolute Gasteiger partial charge is 0.491 e. The Hall–Kier alpha value is -0.925. The molecule has 0 amide bonds. The molecule has 0 atom stereocenters. The van der Waals surface area contributed by atoms with Gasteiger partial charge in [-0.3, -0.25) is 0 Å². The van der Waals surface area contributed by atoms with Gasteiger partial charge in [0.15, 0.2) is 0 Å². The Morgan fingerprint density at radius 3 is 1.95 bits per heavy atom. The Kier molecular flexibility index (Phi) is 4.67. The molecule has 0 aliphatic carbocycles. The van der Waals surface area contributed by atoms with Crippen LogP contribution in [0.25, 0.3) is 0 Å². The molecule has 0 saturated heterocycles. The maximum Gasteiger partial charge on any atom is 0.491 e. The number of benzene rings is 1. The fourth-order valence-corrected chi connectivity index (χ4v) is 1.83. The van der Waals surface area contributed by atoms with Gasteiger partial charge in [-0.05, 0) is 45.3 Å². The molecule has 0 unspecified atom stereocenters. The van der Waals surface area contributed by atoms with Gasteiger partial charge in [-0.25, -0.2) is 13.6 Å². The number of rotatable bonds is 5. The molecule has 0 fully saturated rings. The summed E-state index contributed by atoms with van der Waals surface area (Å²) in [6.45, 7) is 6.44. The van der Waals surface area contributed by atoms with E-state index in [2.05, 4.69) is 0 Å². The molecule has 1 aromatic carbocycles. The van der Waals surface area contributed by atoms with Crippen molar-refractivity contribution in [2.45, 2.75) is 43.8 Å². The molecule has 0 heterocycles. The minimum atomic E-state index is -3.77. The molecular formula is C12H20BNO5S. The molecule has 0 aliphatic heterocycles. The van der Waals surface area contributed by atoms with E-state index in [0.29, 0.717) is 5.46 Å². The Morgan fingerprint density at radius 1 is 1.15 bits per heavy atom. The lowest BCUT2D eigenvalue weighted by molar-refractivity contribution is -0.0982. The van der Waals surface area contributed by atoms with Crippen molar-refractivity contribution >= 4 is 22.6 Å². The van der Waals surface area contributed by atoms with Gasteiger partial charge in [0.25, 0.3) is 0 Å². The molecule has 0 bridgehead atoms. The predicted octanol–water partition coefficient (Wildman–Crippen LogP) is -0.412. The first-order chi connectivity index (χ1) is 8.84. The summed E-state index contributed by atoms with van der Waals surface area (Å²) in [5.74, 6) is 0. The SMILES string of the molecule is CC(C)(O)C(C)(C)OB(O)c1ccc(S(N)(=O)=O)cc1. The van der Waals surface area contributed by atoms with Gasteiger partial charge in [-0.2, -0.15) is 0 Å². The Balaban J connectivity index is 2.92. The number of nitrogens with two attached hydrogens (primary N) is 1. The van der Waals surface area contributed by atoms with E-state index in [1.165, 1.54) is 24.3 Å². The smallest absolute Gasteiger partial charge is 0.423 e. The van der Waals surface area contributed by atoms with Crippen molar-refractivity contribution in [1.29, 1.82) is 0 Å². The van der Waals surface area contributed by atoms with Crippen LogP contribution in [0.4, 0.5) is 0 Å². The van der Waals surface area contributed by atoms with Gasteiger partial charge in [0.2, 0.25) is 10.0 Å². The Labute approximate surface area is 119 Å². The highest BCUT2D eigenvalue weighted by Crippen LogP contribution is 2.25. The molecule has 0 aromatic heterocycles. The van der Waals surface area contributed by atoms with E-state index >= 15 is 0 Å². The summed E-state index contributed by atoms with van der Waals surface area (Å²) < 4.78 is 27.7. The van der Waals surface area contributed by atoms with Crippen molar-refractivity contribution in [2.24, 2.45) is 5.14 Å². The zero-order valence-corrected chi connectivity index (χ0v) is 12.8. The average molecular weight is 301 g/mol. The van der Waals surface area contributed by atoms with E-state index in [-0.39, 0.29) is 4.90 Å². The minimum Gasteiger partial charge on any atom is -0.423 e. The van der Waals surface area contributed by atoms with Gasteiger partial charge in [-0.1, -0.05) is 12.1 Å². The van der Waals surface area contributed by atoms with Crippen LogP contribution in [0.2, 0.25) is 0 Å². The monoisotopic (exact) mass is 301 g/mol. The summed E-state index contributed by atoms with van der Waals surface area (Å²) in [5.41, 5.74) is -1.78. The van der Waals surface area contributed by atoms with E-state index in [0.717, 1.165) is 0 Å². The van der Waals surface area contributed by atoms with E-state index in [1.807, 2.05) is 0 Å². The number of sulfonamides is 1. The van der Waals surface area contributed by atoms with Crippen molar-refractivity contribution in [3.8, 4) is 0 Å². The number of hydrogen-bond donors (Lipinski definition) is 3. The second-order valence-corrected chi connectivity index (χ2v) is 7.22. The summed E-state index contributed by atoms with van der Waals surface area (Å²) in [6.07, 6.45) is 0. The zero-order chi connectivity index (χ0) is 15.8. The standard InChI is InChI=1S/C12H20BNO5S/c1-11(2,15)12(3,4)19-13(16)9-5-7-10(8-6-9)20(14,17)18/h5-8,15-16H,1-4H3,(H2,14,17,18). The number of aliphatic hydroxyl groups is 1. The summed E-state index contributed by atoms with van der Waals surface area (Å²) in [4.78, 5) is -0.0461. The van der Waals surface area contributed by atoms with Crippen molar-refractivity contribution in [2.75, 3.05) is 0 Å². The highest BCUT2D eigenvalue weighted by atomic mass is 32.2. The fourth-order valence-electron chi connectivity index (χ4n) is 1.31. The van der Waals surface area contributed by atoms with Gasteiger partial charge in [0.05, 0.1) is 16.1 Å². The first kappa shape index (κ1) is 17.1. The van der Waals surface area contributed by atoms with Crippen molar-refractivity contribution in [3.05, 3.63) is 24.3 Å². The third-order valence-electron chi connectivity index (χ3n) is 3.37. The summed E-state index contributed by atoms with van der Waals surface area (Å²) in [7, 11) is -5.05. The topological polar surface area (TPSA) is 110 Å². The molecule has 0 saturated carbocycles. The van der Waals surface area contributed by atoms with Gasteiger partial charge in [0.1, 0.15) is 0 Å². The van der Waals surface area contributed by atoms with Crippen LogP contribution in [0.1, 0.15) is 27.7 Å². The molecule has 20 heavy (non-hydrogen) atoms. The molecule has 8 heteroatoms. The van der Waals surface area contributed by atoms with Crippen LogP contribution in [0.5, 0.6) is 0 Å². The minimum absolute atomic E-state index is 0.0461. The van der Waals surface area contributed by atoms with Crippen LogP contribution in [0, 0.1) is 0 Å². The lowest BCUT2D eigenvalue weighted by Crippen LogP contribution is -2.53. The maximum absolute atomic E-state index is 11.1. The molecule has 112 valence electrons. The van der Waals surface area contributed by atoms with Crippen molar-refractivity contribution < 1.29 is 23.2 Å². The highest BCUT2D eigenvalue weighted by Gasteiger charge is 2.39. The Bertz CT molecular complexity index is 563. The lowest BCUT2D eigenvalue weighted by atomic mass is 9.76. The summed E-state index contributed by atoms with van der Waals surface area (Å²) in [6, 6.07) is 5.39. The van der Waals surface area contributed by atoms with Crippen LogP contribution in [0.15, 0.2) is 29.2 Å². The summed E-state index contributed by atoms with van der Waals surface area (Å²) in [5, 5.41) is 24.9. The first-order valence-electron chi connectivity index (χ1n) is 6.05. The number of hydrogen-bond acceptors (Lipinski definition) is 5. The average Bonchev–Trinajstić information content (AvgIpc) is 2.26. The zero-order valence-electron chi connectivity index (χ0n) is 12.0. The lowest BCUT2D eigenvalue weighted by Gasteiger charge is -2.38. The van der Waals surface area contributed by atoms with Crippen molar-refractivity contribution in [3.63, 3.8) is 0 Å². The van der Waals surface area contributed by atoms with Crippen LogP contribution in [0.3, 0.4) is 0 Å². The molecule has 0 radical (unpaired) electrons. The first-order valence-corrected chi connectivity index (χ1v) is 7.60. The van der Waals surface area contributed by atoms with Gasteiger partial charge in [0, 0.05) is 0 Å². The fraction of sp³-hybridized carbons (Fsp3) is 0.500. The quantitative estimate of drug-likeness (QED) is 0.640. The molecular weight excluding hydrogens is 281 g/mol. The molecule has 4 N–H and O–H groups in total. The number of primary sulfonamides is 1. The van der Waals surface area contributed by atoms with E-state index in [9.17, 15) is 18.5 Å². The highest BCUT2D eigenvalue weighted by molar-refractivity contribution is 7.89. The third kappa shape index (κ3) is 4.03. The predicted molar refractivity (Wildman–Crippen MR) is 76.9 cm³/mol. The van der Waals surface area contributed by atoms with Crippen molar-refractivity contribution in [1.82, 2.24) is 0 Å². The van der Waals surface area contributed by atoms with Gasteiger partial charge < -0.3 is 14.8 Å². The molecule has 1 aromatic rings. The Morgan fingerprint density at radius 2 is 1.60 bits per heavy atom. The molecule has 0 spiro atoms. The third-order valence-corrected chi connectivity index (χ3v) is 4.30. The van der Waals surface area contributed by atoms with Gasteiger partial charge >= 0.3 is 7.12 Å². The van der Waals surface area contributed by atoms with E-state index in [4.69, 9.17) is 9.79 Å².